The minimum atomic E-state index is 0.0658. The summed E-state index contributed by atoms with van der Waals surface area (Å²) in [6, 6.07) is 0.760. The highest BCUT2D eigenvalue weighted by molar-refractivity contribution is 5.82. The van der Waals surface area contributed by atoms with E-state index in [0.29, 0.717) is 11.9 Å². The number of nitrogens with zero attached hydrogens (tertiary/aromatic N) is 5. The smallest absolute Gasteiger partial charge is 0.240 e. The molecular formula is C18H31N5O. The summed E-state index contributed by atoms with van der Waals surface area (Å²) in [6.45, 7) is 11.0. The molecule has 134 valence electrons. The second-order valence-corrected chi connectivity index (χ2v) is 7.57. The van der Waals surface area contributed by atoms with Crippen molar-refractivity contribution < 1.29 is 4.79 Å². The lowest BCUT2D eigenvalue weighted by Gasteiger charge is -2.42. The zero-order chi connectivity index (χ0) is 17.3. The molecule has 0 spiro atoms. The number of likely N-dealkylation sites (tertiary alicyclic amines) is 2. The van der Waals surface area contributed by atoms with Crippen LogP contribution in [0.25, 0.3) is 0 Å². The van der Waals surface area contributed by atoms with Crippen LogP contribution < -0.4 is 0 Å². The summed E-state index contributed by atoms with van der Waals surface area (Å²) >= 11 is 0. The summed E-state index contributed by atoms with van der Waals surface area (Å²) < 4.78 is 2.02. The highest BCUT2D eigenvalue weighted by Gasteiger charge is 2.35. The summed E-state index contributed by atoms with van der Waals surface area (Å²) in [5.74, 6) is 2.09. The van der Waals surface area contributed by atoms with E-state index in [0.717, 1.165) is 57.0 Å². The second kappa shape index (κ2) is 7.21. The molecule has 1 aromatic heterocycles. The quantitative estimate of drug-likeness (QED) is 0.852. The lowest BCUT2D eigenvalue weighted by atomic mass is 9.97. The van der Waals surface area contributed by atoms with Crippen molar-refractivity contribution in [2.24, 2.45) is 0 Å². The summed E-state index contributed by atoms with van der Waals surface area (Å²) in [5.41, 5.74) is 0. The normalized spacial score (nSPS) is 26.1. The number of carbonyl (C=O) groups is 1. The monoisotopic (exact) mass is 333 g/mol. The van der Waals surface area contributed by atoms with Crippen LogP contribution in [0.3, 0.4) is 0 Å². The predicted molar refractivity (Wildman–Crippen MR) is 93.8 cm³/mol. The highest BCUT2D eigenvalue weighted by atomic mass is 16.2. The van der Waals surface area contributed by atoms with Gasteiger partial charge in [-0.25, -0.2) is 9.67 Å². The summed E-state index contributed by atoms with van der Waals surface area (Å²) in [7, 11) is 0. The molecule has 1 amide bonds. The van der Waals surface area contributed by atoms with Gasteiger partial charge in [0.2, 0.25) is 5.91 Å². The molecule has 0 aromatic carbocycles. The van der Waals surface area contributed by atoms with Gasteiger partial charge in [0.05, 0.1) is 12.1 Å². The SMILES string of the molecule is Cc1nc(C)n([C@@H]2CCCN(C(=O)[C@@H]3CCCCN3C(C)C)C2)n1. The van der Waals surface area contributed by atoms with E-state index in [1.807, 2.05) is 18.5 Å². The van der Waals surface area contributed by atoms with E-state index in [9.17, 15) is 4.79 Å². The Balaban J connectivity index is 1.71. The van der Waals surface area contributed by atoms with Gasteiger partial charge in [-0.05, 0) is 59.9 Å². The molecule has 3 rings (SSSR count). The lowest BCUT2D eigenvalue weighted by Crippen LogP contribution is -2.55. The van der Waals surface area contributed by atoms with Gasteiger partial charge in [0.1, 0.15) is 11.6 Å². The first-order chi connectivity index (χ1) is 11.5. The maximum atomic E-state index is 13.2. The summed E-state index contributed by atoms with van der Waals surface area (Å²) in [6.07, 6.45) is 5.50. The van der Waals surface area contributed by atoms with Gasteiger partial charge in [0.15, 0.2) is 0 Å². The number of hydrogen-bond acceptors (Lipinski definition) is 4. The van der Waals surface area contributed by atoms with Crippen molar-refractivity contribution in [2.45, 2.75) is 77.9 Å². The van der Waals surface area contributed by atoms with Crippen molar-refractivity contribution in [3.8, 4) is 0 Å². The van der Waals surface area contributed by atoms with Crippen LogP contribution in [-0.4, -0.2) is 62.2 Å². The van der Waals surface area contributed by atoms with Crippen LogP contribution in [0.4, 0.5) is 0 Å². The Bertz CT molecular complexity index is 582. The van der Waals surface area contributed by atoms with Crippen LogP contribution in [0, 0.1) is 13.8 Å². The molecule has 2 aliphatic rings. The van der Waals surface area contributed by atoms with E-state index in [1.165, 1.54) is 6.42 Å². The Morgan fingerprint density at radius 3 is 2.58 bits per heavy atom. The molecule has 2 atom stereocenters. The Kier molecular flexibility index (Phi) is 5.23. The second-order valence-electron chi connectivity index (χ2n) is 7.57. The number of hydrogen-bond donors (Lipinski definition) is 0. The average molecular weight is 333 g/mol. The molecule has 6 heteroatoms. The fourth-order valence-corrected chi connectivity index (χ4v) is 4.28. The zero-order valence-corrected chi connectivity index (χ0v) is 15.5. The lowest BCUT2D eigenvalue weighted by molar-refractivity contribution is -0.141. The molecule has 0 saturated carbocycles. The van der Waals surface area contributed by atoms with Gasteiger partial charge in [-0.3, -0.25) is 9.69 Å². The number of piperidine rings is 2. The minimum Gasteiger partial charge on any atom is -0.339 e. The van der Waals surface area contributed by atoms with E-state index in [4.69, 9.17) is 0 Å². The topological polar surface area (TPSA) is 54.3 Å². The van der Waals surface area contributed by atoms with Gasteiger partial charge in [-0.2, -0.15) is 5.10 Å². The maximum absolute atomic E-state index is 13.2. The van der Waals surface area contributed by atoms with Crippen LogP contribution in [-0.2, 0) is 4.79 Å². The molecule has 0 N–H and O–H groups in total. The maximum Gasteiger partial charge on any atom is 0.240 e. The van der Waals surface area contributed by atoms with Crippen molar-refractivity contribution in [1.29, 1.82) is 0 Å². The Morgan fingerprint density at radius 1 is 1.12 bits per heavy atom. The molecule has 3 heterocycles. The van der Waals surface area contributed by atoms with E-state index < -0.39 is 0 Å². The van der Waals surface area contributed by atoms with E-state index in [1.54, 1.807) is 0 Å². The number of amides is 1. The average Bonchev–Trinajstić information content (AvgIpc) is 2.92. The number of rotatable bonds is 3. The molecule has 24 heavy (non-hydrogen) atoms. The van der Waals surface area contributed by atoms with Gasteiger partial charge in [-0.1, -0.05) is 6.42 Å². The molecule has 0 aliphatic carbocycles. The van der Waals surface area contributed by atoms with Gasteiger partial charge in [0.25, 0.3) is 0 Å². The molecule has 1 aromatic rings. The van der Waals surface area contributed by atoms with Gasteiger partial charge >= 0.3 is 0 Å². The third-order valence-corrected chi connectivity index (χ3v) is 5.45. The van der Waals surface area contributed by atoms with E-state index in [-0.39, 0.29) is 12.1 Å². The van der Waals surface area contributed by atoms with Crippen molar-refractivity contribution in [1.82, 2.24) is 24.6 Å². The number of aryl methyl sites for hydroxylation is 2. The molecule has 2 saturated heterocycles. The molecule has 2 fully saturated rings. The molecule has 2 aliphatic heterocycles. The fraction of sp³-hybridized carbons (Fsp3) is 0.833. The number of aromatic nitrogens is 3. The van der Waals surface area contributed by atoms with Crippen molar-refractivity contribution in [3.63, 3.8) is 0 Å². The van der Waals surface area contributed by atoms with Crippen LogP contribution in [0.15, 0.2) is 0 Å². The highest BCUT2D eigenvalue weighted by Crippen LogP contribution is 2.26. The standard InChI is InChI=1S/C18H31N5O/c1-13(2)22-11-6-5-9-17(22)18(24)21-10-7-8-16(12-21)23-15(4)19-14(3)20-23/h13,16-17H,5-12H2,1-4H3/t16-,17+/m1/s1. The van der Waals surface area contributed by atoms with Crippen LogP contribution in [0.5, 0.6) is 0 Å². The largest absolute Gasteiger partial charge is 0.339 e. The van der Waals surface area contributed by atoms with E-state index >= 15 is 0 Å². The first kappa shape index (κ1) is 17.4. The minimum absolute atomic E-state index is 0.0658. The molecule has 0 unspecified atom stereocenters. The van der Waals surface area contributed by atoms with Gasteiger partial charge < -0.3 is 4.90 Å². The fourth-order valence-electron chi connectivity index (χ4n) is 4.28. The molecule has 6 nitrogen and oxygen atoms in total. The predicted octanol–water partition coefficient (Wildman–Crippen LogP) is 2.32. The Hall–Kier alpha value is -1.43. The summed E-state index contributed by atoms with van der Waals surface area (Å²) in [5, 5.41) is 4.54. The summed E-state index contributed by atoms with van der Waals surface area (Å²) in [4.78, 5) is 22.1. The van der Waals surface area contributed by atoms with Crippen molar-refractivity contribution >= 4 is 5.91 Å². The molecular weight excluding hydrogens is 302 g/mol. The van der Waals surface area contributed by atoms with E-state index in [2.05, 4.69) is 33.7 Å². The first-order valence-electron chi connectivity index (χ1n) is 9.41. The third kappa shape index (κ3) is 3.48. The zero-order valence-electron chi connectivity index (χ0n) is 15.5. The van der Waals surface area contributed by atoms with Crippen molar-refractivity contribution in [2.75, 3.05) is 19.6 Å². The Morgan fingerprint density at radius 2 is 1.92 bits per heavy atom. The third-order valence-electron chi connectivity index (χ3n) is 5.45. The number of carbonyl (C=O) groups excluding carboxylic acids is 1. The van der Waals surface area contributed by atoms with Crippen LogP contribution in [0.1, 0.15) is 63.6 Å². The van der Waals surface area contributed by atoms with Gasteiger partial charge in [0, 0.05) is 19.1 Å². The molecule has 0 bridgehead atoms. The van der Waals surface area contributed by atoms with Crippen molar-refractivity contribution in [3.05, 3.63) is 11.6 Å². The van der Waals surface area contributed by atoms with Crippen LogP contribution >= 0.6 is 0 Å². The van der Waals surface area contributed by atoms with Crippen LogP contribution in [0.2, 0.25) is 0 Å². The Labute approximate surface area is 145 Å². The molecule has 0 radical (unpaired) electrons. The first-order valence-corrected chi connectivity index (χ1v) is 9.41. The van der Waals surface area contributed by atoms with Gasteiger partial charge in [-0.15, -0.1) is 0 Å².